The molecule has 0 aliphatic rings. The number of aromatic carboxylic acids is 1. The van der Waals surface area contributed by atoms with Crippen LogP contribution in [0.4, 0.5) is 5.69 Å². The van der Waals surface area contributed by atoms with Crippen LogP contribution in [0.1, 0.15) is 15.9 Å². The van der Waals surface area contributed by atoms with Gasteiger partial charge < -0.3 is 9.84 Å². The summed E-state index contributed by atoms with van der Waals surface area (Å²) in [7, 11) is 0. The maximum absolute atomic E-state index is 10.9. The zero-order valence-electron chi connectivity index (χ0n) is 10.5. The molecule has 0 spiro atoms. The molecule has 0 radical (unpaired) electrons. The molecule has 108 valence electrons. The topological polar surface area (TPSA) is 103 Å². The number of aromatic nitrogens is 1. The molecule has 0 saturated heterocycles. The Morgan fingerprint density at radius 3 is 2.76 bits per heavy atom. The summed E-state index contributed by atoms with van der Waals surface area (Å²) in [6, 6.07) is 5.15. The molecule has 1 aromatic heterocycles. The highest BCUT2D eigenvalue weighted by Crippen LogP contribution is 2.29. The lowest BCUT2D eigenvalue weighted by Crippen LogP contribution is -2.02. The summed E-state index contributed by atoms with van der Waals surface area (Å²) in [6.07, 6.45) is 3.15. The number of carboxylic acid groups (broad SMARTS) is 1. The lowest BCUT2D eigenvalue weighted by molar-refractivity contribution is -0.385. The molecule has 0 aliphatic heterocycles. The first-order valence-corrected chi connectivity index (χ1v) is 6.50. The largest absolute Gasteiger partial charge is 0.482 e. The van der Waals surface area contributed by atoms with Crippen molar-refractivity contribution in [2.75, 3.05) is 0 Å². The van der Waals surface area contributed by atoms with Gasteiger partial charge in [0.25, 0.3) is 0 Å². The van der Waals surface area contributed by atoms with Crippen molar-refractivity contribution in [3.8, 4) is 5.75 Å². The predicted octanol–water partition coefficient (Wildman–Crippen LogP) is 3.03. The molecule has 0 fully saturated rings. The maximum Gasteiger partial charge on any atom is 0.335 e. The minimum absolute atomic E-state index is 0.0380. The first-order valence-electron chi connectivity index (χ1n) is 5.71. The number of rotatable bonds is 5. The first kappa shape index (κ1) is 14.9. The summed E-state index contributed by atoms with van der Waals surface area (Å²) in [5, 5.41) is 19.8. The van der Waals surface area contributed by atoms with Crippen molar-refractivity contribution in [3.63, 3.8) is 0 Å². The third-order valence-electron chi connectivity index (χ3n) is 2.56. The van der Waals surface area contributed by atoms with Crippen LogP contribution < -0.4 is 4.74 Å². The molecule has 1 heterocycles. The van der Waals surface area contributed by atoms with E-state index in [0.29, 0.717) is 5.56 Å². The Bertz CT molecular complexity index is 705. The van der Waals surface area contributed by atoms with Gasteiger partial charge in [-0.3, -0.25) is 15.1 Å². The Kier molecular flexibility index (Phi) is 4.49. The number of nitro benzene ring substituents is 1. The molecule has 7 nitrogen and oxygen atoms in total. The van der Waals surface area contributed by atoms with Crippen LogP contribution in [0.5, 0.6) is 5.75 Å². The lowest BCUT2D eigenvalue weighted by Gasteiger charge is -2.07. The smallest absolute Gasteiger partial charge is 0.335 e. The van der Waals surface area contributed by atoms with E-state index >= 15 is 0 Å². The zero-order chi connectivity index (χ0) is 15.4. The fourth-order valence-corrected chi connectivity index (χ4v) is 2.02. The number of hydrogen-bond acceptors (Lipinski definition) is 5. The second-order valence-corrected chi connectivity index (χ2v) is 4.96. The zero-order valence-corrected chi connectivity index (χ0v) is 12.1. The van der Waals surface area contributed by atoms with Crippen molar-refractivity contribution >= 4 is 27.6 Å². The number of halogens is 1. The van der Waals surface area contributed by atoms with Crippen molar-refractivity contribution in [3.05, 3.63) is 62.4 Å². The molecule has 21 heavy (non-hydrogen) atoms. The van der Waals surface area contributed by atoms with Gasteiger partial charge in [0.15, 0.2) is 5.75 Å². The summed E-state index contributed by atoms with van der Waals surface area (Å²) in [4.78, 5) is 25.2. The number of nitro groups is 1. The van der Waals surface area contributed by atoms with Crippen molar-refractivity contribution < 1.29 is 19.6 Å². The number of hydrogen-bond donors (Lipinski definition) is 1. The number of carbonyl (C=O) groups is 1. The Balaban J connectivity index is 2.26. The monoisotopic (exact) mass is 352 g/mol. The van der Waals surface area contributed by atoms with E-state index in [1.165, 1.54) is 0 Å². The number of benzene rings is 1. The van der Waals surface area contributed by atoms with Crippen molar-refractivity contribution in [1.29, 1.82) is 0 Å². The van der Waals surface area contributed by atoms with Crippen LogP contribution >= 0.6 is 15.9 Å². The van der Waals surface area contributed by atoms with Gasteiger partial charge in [0.1, 0.15) is 6.61 Å². The molecule has 0 unspecified atom stereocenters. The van der Waals surface area contributed by atoms with Gasteiger partial charge in [-0.1, -0.05) is 0 Å². The van der Waals surface area contributed by atoms with Gasteiger partial charge in [0.2, 0.25) is 0 Å². The van der Waals surface area contributed by atoms with E-state index in [9.17, 15) is 14.9 Å². The highest BCUT2D eigenvalue weighted by atomic mass is 79.9. The lowest BCUT2D eigenvalue weighted by atomic mass is 10.2. The van der Waals surface area contributed by atoms with E-state index in [-0.39, 0.29) is 23.6 Å². The molecule has 0 aliphatic carbocycles. The summed E-state index contributed by atoms with van der Waals surface area (Å²) in [5.41, 5.74) is 0.324. The SMILES string of the molecule is O=C(O)c1ccc([N+](=O)[O-])c(OCc2cncc(Br)c2)c1. The normalized spacial score (nSPS) is 10.1. The summed E-state index contributed by atoms with van der Waals surface area (Å²) in [6.45, 7) is 0.0380. The average molecular weight is 353 g/mol. The first-order chi connectivity index (χ1) is 9.97. The average Bonchev–Trinajstić information content (AvgIpc) is 2.44. The minimum Gasteiger partial charge on any atom is -0.482 e. The Hall–Kier alpha value is -2.48. The maximum atomic E-state index is 10.9. The molecule has 0 saturated carbocycles. The van der Waals surface area contributed by atoms with Gasteiger partial charge >= 0.3 is 11.7 Å². The van der Waals surface area contributed by atoms with Crippen LogP contribution in [0.3, 0.4) is 0 Å². The Morgan fingerprint density at radius 2 is 2.14 bits per heavy atom. The van der Waals surface area contributed by atoms with Crippen molar-refractivity contribution in [2.45, 2.75) is 6.61 Å². The molecule has 2 rings (SSSR count). The second-order valence-electron chi connectivity index (χ2n) is 4.04. The van der Waals surface area contributed by atoms with Crippen LogP contribution in [0.2, 0.25) is 0 Å². The number of nitrogens with zero attached hydrogens (tertiary/aromatic N) is 2. The summed E-state index contributed by atoms with van der Waals surface area (Å²) < 4.78 is 6.11. The van der Waals surface area contributed by atoms with Crippen LogP contribution in [0.25, 0.3) is 0 Å². The van der Waals surface area contributed by atoms with Crippen LogP contribution in [0, 0.1) is 10.1 Å². The third kappa shape index (κ3) is 3.76. The van der Waals surface area contributed by atoms with E-state index in [0.717, 1.165) is 22.7 Å². The Morgan fingerprint density at radius 1 is 1.38 bits per heavy atom. The van der Waals surface area contributed by atoms with Gasteiger partial charge in [-0.2, -0.15) is 0 Å². The Labute approximate surface area is 127 Å². The standard InChI is InChI=1S/C13H9BrN2O5/c14-10-3-8(5-15-6-10)7-21-12-4-9(13(17)18)1-2-11(12)16(19)20/h1-6H,7H2,(H,17,18). The highest BCUT2D eigenvalue weighted by Gasteiger charge is 2.18. The predicted molar refractivity (Wildman–Crippen MR) is 76.3 cm³/mol. The minimum atomic E-state index is -1.18. The molecule has 1 N–H and O–H groups in total. The number of pyridine rings is 1. The van der Waals surface area contributed by atoms with Gasteiger partial charge in [-0.05, 0) is 28.1 Å². The van der Waals surface area contributed by atoms with Crippen molar-refractivity contribution in [2.24, 2.45) is 0 Å². The third-order valence-corrected chi connectivity index (χ3v) is 2.99. The molecule has 1 aromatic carbocycles. The van der Waals surface area contributed by atoms with Crippen LogP contribution in [-0.4, -0.2) is 21.0 Å². The van der Waals surface area contributed by atoms with Gasteiger partial charge in [0.05, 0.1) is 10.5 Å². The highest BCUT2D eigenvalue weighted by molar-refractivity contribution is 9.10. The van der Waals surface area contributed by atoms with Gasteiger partial charge in [0, 0.05) is 34.6 Å². The molecular formula is C13H9BrN2O5. The van der Waals surface area contributed by atoms with Gasteiger partial charge in [-0.25, -0.2) is 4.79 Å². The van der Waals surface area contributed by atoms with Crippen LogP contribution in [-0.2, 0) is 6.61 Å². The molecule has 0 atom stereocenters. The second kappa shape index (κ2) is 6.31. The van der Waals surface area contributed by atoms with E-state index in [4.69, 9.17) is 9.84 Å². The number of carboxylic acids is 1. The summed E-state index contributed by atoms with van der Waals surface area (Å²) in [5.74, 6) is -1.28. The van der Waals surface area contributed by atoms with Crippen molar-refractivity contribution in [1.82, 2.24) is 4.98 Å². The quantitative estimate of drug-likeness (QED) is 0.655. The molecule has 2 aromatic rings. The molecule has 0 bridgehead atoms. The van der Waals surface area contributed by atoms with E-state index in [1.54, 1.807) is 18.5 Å². The fraction of sp³-hybridized carbons (Fsp3) is 0.0769. The molecular weight excluding hydrogens is 344 g/mol. The van der Waals surface area contributed by atoms with Crippen LogP contribution in [0.15, 0.2) is 41.1 Å². The molecule has 8 heteroatoms. The van der Waals surface area contributed by atoms with E-state index in [2.05, 4.69) is 20.9 Å². The molecule has 0 amide bonds. The number of ether oxygens (including phenoxy) is 1. The van der Waals surface area contributed by atoms with E-state index < -0.39 is 10.9 Å². The summed E-state index contributed by atoms with van der Waals surface area (Å²) >= 11 is 3.25. The fourth-order valence-electron chi connectivity index (χ4n) is 1.61. The van der Waals surface area contributed by atoms with E-state index in [1.807, 2.05) is 0 Å². The van der Waals surface area contributed by atoms with Gasteiger partial charge in [-0.15, -0.1) is 0 Å².